The average molecular weight is 833 g/mol. The third-order valence-corrected chi connectivity index (χ3v) is 12.8. The number of nitrogens with zero attached hydrogens (tertiary/aromatic N) is 6. The molecule has 3 aliphatic carbocycles. The quantitative estimate of drug-likeness (QED) is 0.158. The van der Waals surface area contributed by atoms with Crippen molar-refractivity contribution in [3.8, 4) is 79.7 Å². The van der Waals surface area contributed by atoms with E-state index >= 15 is 0 Å². The number of hydrogen-bond acceptors (Lipinski definition) is 7. The Hall–Kier alpha value is -8.68. The highest BCUT2D eigenvalue weighted by Crippen LogP contribution is 2.56. The Kier molecular flexibility index (Phi) is 8.52. The molecule has 8 aromatic carbocycles. The van der Waals surface area contributed by atoms with E-state index in [0.29, 0.717) is 34.9 Å². The van der Waals surface area contributed by atoms with Crippen LogP contribution in [0.15, 0.2) is 211 Å². The van der Waals surface area contributed by atoms with Gasteiger partial charge in [0.15, 0.2) is 34.9 Å². The first-order chi connectivity index (χ1) is 32.2. The van der Waals surface area contributed by atoms with Crippen LogP contribution in [0.25, 0.3) is 90.6 Å². The lowest BCUT2D eigenvalue weighted by Gasteiger charge is -2.42. The van der Waals surface area contributed by atoms with Crippen LogP contribution < -0.4 is 0 Å². The van der Waals surface area contributed by atoms with Crippen LogP contribution in [0.3, 0.4) is 0 Å². The first-order valence-electron chi connectivity index (χ1n) is 21.8. The van der Waals surface area contributed by atoms with Crippen LogP contribution in [0, 0.1) is 0 Å². The standard InChI is InChI=1S/C58H36N6O/c1-4-14-36(15-5-1)53-59-54(37-16-6-2-7-17-37)62-57(61-53)41-28-30-45-47(32-41)51-43-21-11-12-22-44(43)52(45)48-33-42(29-31-46(48)51)58-63-55(38-18-8-3-9-19-38)60-56(64-58)39-26-24-35(25-27-39)50-34-40-20-10-13-23-49(40)65-50/h1-34,51-52H. The van der Waals surface area contributed by atoms with Gasteiger partial charge in [0.1, 0.15) is 11.3 Å². The van der Waals surface area contributed by atoms with Crippen LogP contribution in [0.1, 0.15) is 45.2 Å². The second kappa shape index (κ2) is 15.0. The molecule has 2 unspecified atom stereocenters. The Balaban J connectivity index is 0.908. The van der Waals surface area contributed by atoms with Gasteiger partial charge in [0.2, 0.25) is 0 Å². The van der Waals surface area contributed by atoms with Gasteiger partial charge in [0.25, 0.3) is 0 Å². The Morgan fingerprint density at radius 2 is 0.600 bits per heavy atom. The zero-order valence-electron chi connectivity index (χ0n) is 34.9. The summed E-state index contributed by atoms with van der Waals surface area (Å²) in [5.41, 5.74) is 15.2. The number of fused-ring (bicyclic) bond motifs is 1. The molecule has 0 radical (unpaired) electrons. The van der Waals surface area contributed by atoms with E-state index in [1.54, 1.807) is 0 Å². The smallest absolute Gasteiger partial charge is 0.164 e. The van der Waals surface area contributed by atoms with Crippen molar-refractivity contribution < 1.29 is 4.42 Å². The van der Waals surface area contributed by atoms with Crippen molar-refractivity contribution in [3.05, 3.63) is 240 Å². The van der Waals surface area contributed by atoms with Crippen molar-refractivity contribution >= 4 is 11.0 Å². The minimum Gasteiger partial charge on any atom is -0.456 e. The highest BCUT2D eigenvalue weighted by molar-refractivity contribution is 5.83. The molecule has 3 heterocycles. The van der Waals surface area contributed by atoms with Gasteiger partial charge < -0.3 is 4.42 Å². The van der Waals surface area contributed by atoms with Gasteiger partial charge in [-0.25, -0.2) is 29.9 Å². The zero-order valence-corrected chi connectivity index (χ0v) is 34.9. The fourth-order valence-corrected chi connectivity index (χ4v) is 9.69. The summed E-state index contributed by atoms with van der Waals surface area (Å²) in [6.07, 6.45) is 0. The molecule has 0 amide bonds. The molecule has 304 valence electrons. The molecule has 0 spiro atoms. The third-order valence-electron chi connectivity index (χ3n) is 12.8. The predicted molar refractivity (Wildman–Crippen MR) is 256 cm³/mol. The van der Waals surface area contributed by atoms with Gasteiger partial charge in [0, 0.05) is 56.2 Å². The molecular formula is C58H36N6O. The Labute approximate surface area is 374 Å². The molecule has 0 aliphatic heterocycles. The van der Waals surface area contributed by atoms with Crippen molar-refractivity contribution in [1.82, 2.24) is 29.9 Å². The monoisotopic (exact) mass is 832 g/mol. The lowest BCUT2D eigenvalue weighted by Crippen LogP contribution is -2.27. The molecule has 0 N–H and O–H groups in total. The summed E-state index contributed by atoms with van der Waals surface area (Å²) in [6.45, 7) is 0. The molecule has 0 saturated carbocycles. The van der Waals surface area contributed by atoms with Crippen LogP contribution in [0.4, 0.5) is 0 Å². The second-order valence-electron chi connectivity index (χ2n) is 16.6. The maximum Gasteiger partial charge on any atom is 0.164 e. The molecule has 0 fully saturated rings. The lowest BCUT2D eigenvalue weighted by atomic mass is 9.61. The van der Waals surface area contributed by atoms with Crippen molar-refractivity contribution in [2.24, 2.45) is 0 Å². The maximum absolute atomic E-state index is 6.18. The maximum atomic E-state index is 6.18. The van der Waals surface area contributed by atoms with Gasteiger partial charge in [-0.3, -0.25) is 0 Å². The topological polar surface area (TPSA) is 90.5 Å². The largest absolute Gasteiger partial charge is 0.456 e. The van der Waals surface area contributed by atoms with E-state index in [1.807, 2.05) is 109 Å². The van der Waals surface area contributed by atoms with Crippen LogP contribution in [0.2, 0.25) is 0 Å². The molecule has 3 aliphatic rings. The van der Waals surface area contributed by atoms with E-state index in [-0.39, 0.29) is 11.8 Å². The summed E-state index contributed by atoms with van der Waals surface area (Å²) in [7, 11) is 0. The van der Waals surface area contributed by atoms with Crippen molar-refractivity contribution in [2.75, 3.05) is 0 Å². The van der Waals surface area contributed by atoms with E-state index in [0.717, 1.165) is 55.7 Å². The third kappa shape index (κ3) is 6.35. The Morgan fingerprint density at radius 1 is 0.262 bits per heavy atom. The number of hydrogen-bond donors (Lipinski definition) is 0. The van der Waals surface area contributed by atoms with Gasteiger partial charge in [0.05, 0.1) is 0 Å². The van der Waals surface area contributed by atoms with Crippen molar-refractivity contribution in [1.29, 1.82) is 0 Å². The van der Waals surface area contributed by atoms with Crippen LogP contribution in [0.5, 0.6) is 0 Å². The van der Waals surface area contributed by atoms with E-state index in [2.05, 4.69) is 97.1 Å². The fourth-order valence-electron chi connectivity index (χ4n) is 9.69. The van der Waals surface area contributed by atoms with E-state index in [9.17, 15) is 0 Å². The van der Waals surface area contributed by atoms with Crippen molar-refractivity contribution in [3.63, 3.8) is 0 Å². The average Bonchev–Trinajstić information content (AvgIpc) is 3.83. The minimum absolute atomic E-state index is 0.0222. The summed E-state index contributed by atoms with van der Waals surface area (Å²) in [4.78, 5) is 30.5. The minimum atomic E-state index is 0.0222. The number of furan rings is 1. The molecule has 2 atom stereocenters. The van der Waals surface area contributed by atoms with E-state index in [1.165, 1.54) is 33.4 Å². The summed E-state index contributed by atoms with van der Waals surface area (Å²) >= 11 is 0. The summed E-state index contributed by atoms with van der Waals surface area (Å²) < 4.78 is 6.18. The molecule has 2 bridgehead atoms. The van der Waals surface area contributed by atoms with Gasteiger partial charge in [-0.05, 0) is 57.6 Å². The van der Waals surface area contributed by atoms with Crippen molar-refractivity contribution in [2.45, 2.75) is 11.8 Å². The number of aromatic nitrogens is 6. The highest BCUT2D eigenvalue weighted by atomic mass is 16.3. The number of rotatable bonds is 7. The molecule has 14 rings (SSSR count). The summed E-state index contributed by atoms with van der Waals surface area (Å²) in [5.74, 6) is 4.67. The molecule has 65 heavy (non-hydrogen) atoms. The fraction of sp³-hybridized carbons (Fsp3) is 0.0345. The predicted octanol–water partition coefficient (Wildman–Crippen LogP) is 13.5. The van der Waals surface area contributed by atoms with Crippen LogP contribution in [-0.2, 0) is 0 Å². The Bertz CT molecular complexity index is 3520. The molecule has 0 saturated heterocycles. The molecule has 7 nitrogen and oxygen atoms in total. The molecule has 11 aromatic rings. The Morgan fingerprint density at radius 3 is 1.05 bits per heavy atom. The van der Waals surface area contributed by atoms with Crippen LogP contribution in [-0.4, -0.2) is 29.9 Å². The normalized spacial score (nSPS) is 14.5. The second-order valence-corrected chi connectivity index (χ2v) is 16.6. The lowest BCUT2D eigenvalue weighted by molar-refractivity contribution is 0.631. The first kappa shape index (κ1) is 36.9. The molecule has 7 heteroatoms. The zero-order chi connectivity index (χ0) is 42.8. The first-order valence-corrected chi connectivity index (χ1v) is 21.8. The van der Waals surface area contributed by atoms with E-state index in [4.69, 9.17) is 34.3 Å². The van der Waals surface area contributed by atoms with E-state index < -0.39 is 0 Å². The van der Waals surface area contributed by atoms with Gasteiger partial charge in [-0.15, -0.1) is 0 Å². The SMILES string of the molecule is c1ccc(-c2nc(-c3ccccc3)nc(-c3ccc4c(c3)C3c5ccccc5C4c4cc(-c5nc(-c6ccccc6)nc(-c6ccc(-c7cc8ccccc8o7)cc6)n5)ccc43)n2)cc1. The summed E-state index contributed by atoms with van der Waals surface area (Å²) in [6, 6.07) is 71.2. The van der Waals surface area contributed by atoms with Gasteiger partial charge in [-0.1, -0.05) is 182 Å². The highest BCUT2D eigenvalue weighted by Gasteiger charge is 2.41. The number of benzene rings is 8. The molecular weight excluding hydrogens is 797 g/mol. The molecule has 3 aromatic heterocycles. The van der Waals surface area contributed by atoms with Crippen LogP contribution >= 0.6 is 0 Å². The number of para-hydroxylation sites is 1. The van der Waals surface area contributed by atoms with Gasteiger partial charge in [-0.2, -0.15) is 0 Å². The summed E-state index contributed by atoms with van der Waals surface area (Å²) in [5, 5.41) is 1.07. The van der Waals surface area contributed by atoms with Gasteiger partial charge >= 0.3 is 0 Å².